The zero-order valence-corrected chi connectivity index (χ0v) is 33.3. The van der Waals surface area contributed by atoms with Gasteiger partial charge >= 0.3 is 0 Å². The number of hydrogen-bond acceptors (Lipinski definition) is 8. The van der Waals surface area contributed by atoms with Crippen LogP contribution in [-0.4, -0.2) is 62.8 Å². The predicted molar refractivity (Wildman–Crippen MR) is 202 cm³/mol. The normalized spacial score (nSPS) is 17.6. The number of alkyl halides is 4. The predicted octanol–water partition coefficient (Wildman–Crippen LogP) is 7.57. The minimum atomic E-state index is -3.60. The fourth-order valence-corrected chi connectivity index (χ4v) is 8.84. The third-order valence-electron chi connectivity index (χ3n) is 10.2. The van der Waals surface area contributed by atoms with Crippen LogP contribution < -0.4 is 4.74 Å². The number of hydrogen-bond donors (Lipinski definition) is 1. The van der Waals surface area contributed by atoms with E-state index in [1.807, 2.05) is 0 Å². The number of carbonyl (C=O) groups excluding carboxylic acids is 1. The van der Waals surface area contributed by atoms with Gasteiger partial charge in [0.15, 0.2) is 27.1 Å². The van der Waals surface area contributed by atoms with Crippen molar-refractivity contribution in [1.29, 1.82) is 0 Å². The van der Waals surface area contributed by atoms with Gasteiger partial charge in [-0.05, 0) is 68.4 Å². The fourth-order valence-electron chi connectivity index (χ4n) is 7.88. The molecule has 1 saturated carbocycles. The SMILES string of the molecule is COc1cc(-c2ccc(Cl)c3c(CS(C)(=O)=O)nn(C)c23)c([C@@H](CC(=O)Cn2nc(C(F)F)c3c2C(F)(F)[C@@H]2C[C@H]32)Cc2cc(F)cc(F)c2)nc1C#CC(C)(C)O. The maximum Gasteiger partial charge on any atom is 0.293 e. The van der Waals surface area contributed by atoms with E-state index < -0.39 is 93.1 Å². The van der Waals surface area contributed by atoms with Crippen LogP contribution in [0.3, 0.4) is 0 Å². The number of nitrogens with zero attached hydrogens (tertiary/aromatic N) is 5. The number of sulfone groups is 1. The van der Waals surface area contributed by atoms with Crippen molar-refractivity contribution in [3.8, 4) is 28.7 Å². The number of pyridine rings is 1. The molecule has 18 heteroatoms. The van der Waals surface area contributed by atoms with E-state index in [9.17, 15) is 35.9 Å². The molecule has 0 radical (unpaired) electrons. The summed E-state index contributed by atoms with van der Waals surface area (Å²) < 4.78 is 121. The van der Waals surface area contributed by atoms with E-state index in [-0.39, 0.29) is 57.4 Å². The summed E-state index contributed by atoms with van der Waals surface area (Å²) in [6.45, 7) is 2.04. The van der Waals surface area contributed by atoms with Crippen molar-refractivity contribution < 1.29 is 49.4 Å². The molecule has 3 aromatic heterocycles. The van der Waals surface area contributed by atoms with E-state index >= 15 is 8.78 Å². The van der Waals surface area contributed by atoms with Crippen LogP contribution in [0.25, 0.3) is 22.0 Å². The third-order valence-corrected chi connectivity index (χ3v) is 11.3. The quantitative estimate of drug-likeness (QED) is 0.101. The Morgan fingerprint density at radius 1 is 1.10 bits per heavy atom. The average molecular weight is 848 g/mol. The van der Waals surface area contributed by atoms with E-state index in [4.69, 9.17) is 21.3 Å². The minimum Gasteiger partial charge on any atom is -0.494 e. The number of Topliss-reactive ketones (excluding diaryl/α,β-unsaturated/α-hetero) is 1. The molecule has 0 unspecified atom stereocenters. The van der Waals surface area contributed by atoms with E-state index in [0.717, 1.165) is 18.4 Å². The summed E-state index contributed by atoms with van der Waals surface area (Å²) in [6.07, 6.45) is -2.88. The minimum absolute atomic E-state index is 0.00966. The number of fused-ring (bicyclic) bond motifs is 4. The smallest absolute Gasteiger partial charge is 0.293 e. The molecular formula is C40H36ClF6N5O5S. The number of carbonyl (C=O) groups is 1. The van der Waals surface area contributed by atoms with E-state index in [2.05, 4.69) is 22.0 Å². The summed E-state index contributed by atoms with van der Waals surface area (Å²) in [5, 5.41) is 19.1. The monoisotopic (exact) mass is 847 g/mol. The van der Waals surface area contributed by atoms with E-state index in [1.54, 1.807) is 13.1 Å². The molecule has 306 valence electrons. The maximum absolute atomic E-state index is 15.5. The Morgan fingerprint density at radius 3 is 2.41 bits per heavy atom. The molecule has 0 spiro atoms. The average Bonchev–Trinajstić information content (AvgIpc) is 3.65. The number of ketones is 1. The van der Waals surface area contributed by atoms with Gasteiger partial charge in [0.1, 0.15) is 35.2 Å². The number of aromatic nitrogens is 5. The van der Waals surface area contributed by atoms with Crippen molar-refractivity contribution in [3.05, 3.63) is 92.7 Å². The first-order chi connectivity index (χ1) is 27.1. The lowest BCUT2D eigenvalue weighted by atomic mass is 9.86. The Hall–Kier alpha value is -4.92. The Morgan fingerprint density at radius 2 is 1.79 bits per heavy atom. The van der Waals surface area contributed by atoms with Crippen LogP contribution in [0.1, 0.15) is 84.5 Å². The number of aryl methyl sites for hydroxylation is 1. The van der Waals surface area contributed by atoms with Crippen LogP contribution in [0.4, 0.5) is 26.3 Å². The molecule has 0 aliphatic heterocycles. The first-order valence-corrected chi connectivity index (χ1v) is 20.4. The second kappa shape index (κ2) is 14.7. The zero-order chi connectivity index (χ0) is 42.2. The highest BCUT2D eigenvalue weighted by atomic mass is 35.5. The van der Waals surface area contributed by atoms with Gasteiger partial charge in [0.05, 0.1) is 34.8 Å². The fraction of sp³-hybridized carbons (Fsp3) is 0.400. The third kappa shape index (κ3) is 7.93. The van der Waals surface area contributed by atoms with Crippen LogP contribution in [0, 0.1) is 29.4 Å². The van der Waals surface area contributed by atoms with Gasteiger partial charge < -0.3 is 9.84 Å². The topological polar surface area (TPSA) is 129 Å². The molecule has 2 aliphatic carbocycles. The van der Waals surface area contributed by atoms with Crippen LogP contribution in [-0.2, 0) is 46.3 Å². The molecule has 0 saturated heterocycles. The summed E-state index contributed by atoms with van der Waals surface area (Å²) in [5.41, 5.74) is -1.96. The van der Waals surface area contributed by atoms with E-state index in [0.29, 0.717) is 27.2 Å². The van der Waals surface area contributed by atoms with Crippen molar-refractivity contribution in [1.82, 2.24) is 24.5 Å². The highest BCUT2D eigenvalue weighted by Crippen LogP contribution is 2.68. The van der Waals surface area contributed by atoms with Gasteiger partial charge in [0.2, 0.25) is 0 Å². The number of halogens is 7. The lowest BCUT2D eigenvalue weighted by Crippen LogP contribution is -2.24. The maximum atomic E-state index is 15.5. The summed E-state index contributed by atoms with van der Waals surface area (Å²) in [7, 11) is -0.694. The molecule has 5 aromatic rings. The molecule has 1 N–H and O–H groups in total. The molecule has 0 bridgehead atoms. The van der Waals surface area contributed by atoms with Crippen molar-refractivity contribution in [3.63, 3.8) is 0 Å². The summed E-state index contributed by atoms with van der Waals surface area (Å²) >= 11 is 6.66. The lowest BCUT2D eigenvalue weighted by molar-refractivity contribution is -0.120. The van der Waals surface area contributed by atoms with Crippen LogP contribution in [0.15, 0.2) is 36.4 Å². The van der Waals surface area contributed by atoms with Gasteiger partial charge in [0.25, 0.3) is 12.3 Å². The second-order valence-electron chi connectivity index (χ2n) is 15.3. The largest absolute Gasteiger partial charge is 0.494 e. The molecule has 3 atom stereocenters. The summed E-state index contributed by atoms with van der Waals surface area (Å²) in [6, 6.07) is 7.42. The van der Waals surface area contributed by atoms with Crippen molar-refractivity contribution in [2.24, 2.45) is 13.0 Å². The van der Waals surface area contributed by atoms with Crippen molar-refractivity contribution >= 4 is 38.1 Å². The zero-order valence-electron chi connectivity index (χ0n) is 31.7. The molecule has 2 aliphatic rings. The van der Waals surface area contributed by atoms with Gasteiger partial charge in [-0.2, -0.15) is 19.0 Å². The first kappa shape index (κ1) is 41.2. The second-order valence-corrected chi connectivity index (χ2v) is 17.9. The number of aliphatic hydroxyl groups is 1. The van der Waals surface area contributed by atoms with Crippen molar-refractivity contribution in [2.45, 2.75) is 75.2 Å². The van der Waals surface area contributed by atoms with Crippen molar-refractivity contribution in [2.75, 3.05) is 13.4 Å². The van der Waals surface area contributed by atoms with Crippen LogP contribution >= 0.6 is 11.6 Å². The Balaban J connectivity index is 1.43. The standard InChI is InChI=1S/C40H36ClF6N5O5S/c1-39(2,54)9-8-29-31(57-4)16-25(24-6-7-28(41)33-30(18-58(5,55)56)49-51(3)36(24)33)34(48-29)20(10-19-11-21(42)14-22(43)12-19)13-23(53)17-52-37-32(35(50-52)38(44)45)26-15-27(26)40(37,46)47/h6-7,11-12,14,16,20,26-27,38,54H,10,13,15,17-18H2,1-5H3/t20-,26+,27-/m1/s1. The van der Waals surface area contributed by atoms with Gasteiger partial charge in [-0.25, -0.2) is 31.0 Å². The number of methoxy groups -OCH3 is 1. The molecule has 1 fully saturated rings. The molecule has 7 rings (SSSR count). The highest BCUT2D eigenvalue weighted by molar-refractivity contribution is 7.89. The van der Waals surface area contributed by atoms with Gasteiger partial charge in [0, 0.05) is 59.7 Å². The molecule has 3 heterocycles. The van der Waals surface area contributed by atoms with Crippen LogP contribution in [0.2, 0.25) is 5.02 Å². The number of rotatable bonds is 12. The molecule has 2 aromatic carbocycles. The van der Waals surface area contributed by atoms with Gasteiger partial charge in [-0.3, -0.25) is 14.2 Å². The Kier molecular flexibility index (Phi) is 10.5. The number of benzene rings is 2. The highest BCUT2D eigenvalue weighted by Gasteiger charge is 2.67. The van der Waals surface area contributed by atoms with Crippen LogP contribution in [0.5, 0.6) is 5.75 Å². The lowest BCUT2D eigenvalue weighted by Gasteiger charge is -2.22. The summed E-state index contributed by atoms with van der Waals surface area (Å²) in [4.78, 5) is 18.9. The molecule has 10 nitrogen and oxygen atoms in total. The molecule has 0 amide bonds. The number of ether oxygens (including phenoxy) is 1. The summed E-state index contributed by atoms with van der Waals surface area (Å²) in [5.74, 6) is -4.03. The molecular weight excluding hydrogens is 812 g/mol. The first-order valence-electron chi connectivity index (χ1n) is 18.0. The molecule has 58 heavy (non-hydrogen) atoms. The Labute approximate surface area is 334 Å². The Bertz CT molecular complexity index is 2660. The van der Waals surface area contributed by atoms with Gasteiger partial charge in [-0.15, -0.1) is 0 Å². The van der Waals surface area contributed by atoms with Gasteiger partial charge in [-0.1, -0.05) is 23.6 Å². The van der Waals surface area contributed by atoms with E-state index in [1.165, 1.54) is 37.8 Å².